The SMILES string of the molecule is COC(=O)/C=C/C(=O)c1ccc(OC)c(Cl)c1. The lowest BCUT2D eigenvalue weighted by molar-refractivity contribution is -0.134. The molecule has 0 aliphatic carbocycles. The highest BCUT2D eigenvalue weighted by atomic mass is 35.5. The Balaban J connectivity index is 2.87. The molecule has 1 rings (SSSR count). The molecule has 1 aromatic rings. The molecule has 4 nitrogen and oxygen atoms in total. The summed E-state index contributed by atoms with van der Waals surface area (Å²) >= 11 is 5.87. The van der Waals surface area contributed by atoms with Crippen molar-refractivity contribution < 1.29 is 19.1 Å². The van der Waals surface area contributed by atoms with Crippen LogP contribution in [-0.4, -0.2) is 26.0 Å². The maximum Gasteiger partial charge on any atom is 0.330 e. The molecule has 0 aliphatic heterocycles. The van der Waals surface area contributed by atoms with Gasteiger partial charge in [-0.25, -0.2) is 4.79 Å². The lowest BCUT2D eigenvalue weighted by Gasteiger charge is -2.03. The summed E-state index contributed by atoms with van der Waals surface area (Å²) in [5.74, 6) is -0.432. The Hall–Kier alpha value is -1.81. The number of ether oxygens (including phenoxy) is 2. The summed E-state index contributed by atoms with van der Waals surface area (Å²) in [6, 6.07) is 4.63. The van der Waals surface area contributed by atoms with E-state index in [-0.39, 0.29) is 5.78 Å². The van der Waals surface area contributed by atoms with Gasteiger partial charge >= 0.3 is 5.97 Å². The van der Waals surface area contributed by atoms with Crippen molar-refractivity contribution in [2.24, 2.45) is 0 Å². The Morgan fingerprint density at radius 3 is 2.47 bits per heavy atom. The standard InChI is InChI=1S/C12H11ClO4/c1-16-11-5-3-8(7-9(11)13)10(14)4-6-12(15)17-2/h3-7H,1-2H3/b6-4+. The van der Waals surface area contributed by atoms with Crippen molar-refractivity contribution in [1.29, 1.82) is 0 Å². The van der Waals surface area contributed by atoms with Crippen LogP contribution < -0.4 is 4.74 Å². The van der Waals surface area contributed by atoms with Gasteiger partial charge in [-0.2, -0.15) is 0 Å². The topological polar surface area (TPSA) is 52.6 Å². The van der Waals surface area contributed by atoms with E-state index in [9.17, 15) is 9.59 Å². The van der Waals surface area contributed by atoms with Crippen molar-refractivity contribution in [1.82, 2.24) is 0 Å². The molecule has 0 amide bonds. The highest BCUT2D eigenvalue weighted by Gasteiger charge is 2.07. The fourth-order valence-corrected chi connectivity index (χ4v) is 1.39. The molecule has 0 radical (unpaired) electrons. The van der Waals surface area contributed by atoms with Crippen LogP contribution in [0.2, 0.25) is 5.02 Å². The summed E-state index contributed by atoms with van der Waals surface area (Å²) < 4.78 is 9.33. The minimum atomic E-state index is -0.585. The number of halogens is 1. The molecule has 0 bridgehead atoms. The molecule has 0 spiro atoms. The maximum atomic E-state index is 11.6. The summed E-state index contributed by atoms with van der Waals surface area (Å²) in [6.07, 6.45) is 2.18. The van der Waals surface area contributed by atoms with Gasteiger partial charge in [0.2, 0.25) is 0 Å². The minimum Gasteiger partial charge on any atom is -0.495 e. The van der Waals surface area contributed by atoms with Crippen molar-refractivity contribution in [3.05, 3.63) is 40.9 Å². The van der Waals surface area contributed by atoms with Crippen molar-refractivity contribution in [2.45, 2.75) is 0 Å². The Morgan fingerprint density at radius 2 is 1.94 bits per heavy atom. The van der Waals surface area contributed by atoms with Gasteiger partial charge in [0.1, 0.15) is 5.75 Å². The summed E-state index contributed by atoms with van der Waals surface area (Å²) in [5, 5.41) is 0.338. The molecule has 0 fully saturated rings. The van der Waals surface area contributed by atoms with Crippen molar-refractivity contribution in [3.8, 4) is 5.75 Å². The molecule has 17 heavy (non-hydrogen) atoms. The number of esters is 1. The van der Waals surface area contributed by atoms with Gasteiger partial charge in [-0.3, -0.25) is 4.79 Å². The Bertz CT molecular complexity index is 466. The second kappa shape index (κ2) is 6.06. The van der Waals surface area contributed by atoms with Crippen LogP contribution in [0.3, 0.4) is 0 Å². The molecular weight excluding hydrogens is 244 g/mol. The fraction of sp³-hybridized carbons (Fsp3) is 0.167. The van der Waals surface area contributed by atoms with Gasteiger partial charge < -0.3 is 9.47 Å². The number of hydrogen-bond donors (Lipinski definition) is 0. The first-order chi connectivity index (χ1) is 8.08. The normalized spacial score (nSPS) is 10.3. The average Bonchev–Trinajstić information content (AvgIpc) is 2.35. The number of carbonyl (C=O) groups is 2. The van der Waals surface area contributed by atoms with E-state index in [0.717, 1.165) is 12.2 Å². The molecule has 90 valence electrons. The number of rotatable bonds is 4. The summed E-state index contributed by atoms with van der Waals surface area (Å²) in [7, 11) is 2.72. The number of allylic oxidation sites excluding steroid dienone is 1. The molecule has 0 atom stereocenters. The Morgan fingerprint density at radius 1 is 1.24 bits per heavy atom. The second-order valence-electron chi connectivity index (χ2n) is 3.07. The van der Waals surface area contributed by atoms with E-state index in [1.807, 2.05) is 0 Å². The number of hydrogen-bond acceptors (Lipinski definition) is 4. The van der Waals surface area contributed by atoms with Crippen LogP contribution in [0.25, 0.3) is 0 Å². The van der Waals surface area contributed by atoms with E-state index < -0.39 is 5.97 Å². The van der Waals surface area contributed by atoms with Crippen LogP contribution in [0.15, 0.2) is 30.4 Å². The summed E-state index contributed by atoms with van der Waals surface area (Å²) in [5.41, 5.74) is 0.371. The molecule has 0 saturated carbocycles. The average molecular weight is 255 g/mol. The molecule has 0 aromatic heterocycles. The molecule has 0 unspecified atom stereocenters. The van der Waals surface area contributed by atoms with Crippen LogP contribution in [-0.2, 0) is 9.53 Å². The van der Waals surface area contributed by atoms with Crippen LogP contribution in [0.4, 0.5) is 0 Å². The molecule has 0 saturated heterocycles. The van der Waals surface area contributed by atoms with Gasteiger partial charge in [-0.05, 0) is 24.3 Å². The molecule has 5 heteroatoms. The number of benzene rings is 1. The molecule has 0 N–H and O–H groups in total. The largest absolute Gasteiger partial charge is 0.495 e. The van der Waals surface area contributed by atoms with Crippen molar-refractivity contribution in [2.75, 3.05) is 14.2 Å². The van der Waals surface area contributed by atoms with E-state index in [4.69, 9.17) is 16.3 Å². The zero-order valence-corrected chi connectivity index (χ0v) is 10.2. The number of carbonyl (C=O) groups excluding carboxylic acids is 2. The molecule has 0 aliphatic rings. The lowest BCUT2D eigenvalue weighted by atomic mass is 10.1. The van der Waals surface area contributed by atoms with Gasteiger partial charge in [0, 0.05) is 11.6 Å². The van der Waals surface area contributed by atoms with Crippen molar-refractivity contribution in [3.63, 3.8) is 0 Å². The van der Waals surface area contributed by atoms with E-state index in [2.05, 4.69) is 4.74 Å². The van der Waals surface area contributed by atoms with Crippen LogP contribution in [0.1, 0.15) is 10.4 Å². The first kappa shape index (κ1) is 13.3. The van der Waals surface area contributed by atoms with E-state index in [0.29, 0.717) is 16.3 Å². The van der Waals surface area contributed by atoms with Crippen LogP contribution in [0, 0.1) is 0 Å². The van der Waals surface area contributed by atoms with E-state index >= 15 is 0 Å². The summed E-state index contributed by atoms with van der Waals surface area (Å²) in [6.45, 7) is 0. The molecule has 1 aromatic carbocycles. The molecular formula is C12H11ClO4. The first-order valence-electron chi connectivity index (χ1n) is 4.72. The predicted octanol–water partition coefficient (Wildman–Crippen LogP) is 2.26. The predicted molar refractivity (Wildman–Crippen MR) is 63.5 cm³/mol. The van der Waals surface area contributed by atoms with Gasteiger partial charge in [0.25, 0.3) is 0 Å². The Kier molecular flexibility index (Phi) is 4.72. The third-order valence-corrected chi connectivity index (χ3v) is 2.30. The highest BCUT2D eigenvalue weighted by molar-refractivity contribution is 6.32. The number of methoxy groups -OCH3 is 2. The third-order valence-electron chi connectivity index (χ3n) is 2.01. The summed E-state index contributed by atoms with van der Waals surface area (Å²) in [4.78, 5) is 22.4. The van der Waals surface area contributed by atoms with Gasteiger partial charge in [-0.15, -0.1) is 0 Å². The fourth-order valence-electron chi connectivity index (χ4n) is 1.13. The van der Waals surface area contributed by atoms with Crippen molar-refractivity contribution >= 4 is 23.4 Å². The first-order valence-corrected chi connectivity index (χ1v) is 5.10. The zero-order valence-electron chi connectivity index (χ0n) is 9.40. The van der Waals surface area contributed by atoms with Gasteiger partial charge in [0.05, 0.1) is 19.2 Å². The minimum absolute atomic E-state index is 0.333. The second-order valence-corrected chi connectivity index (χ2v) is 3.48. The Labute approximate surface area is 104 Å². The van der Waals surface area contributed by atoms with E-state index in [1.54, 1.807) is 12.1 Å². The van der Waals surface area contributed by atoms with Crippen LogP contribution >= 0.6 is 11.6 Å². The zero-order chi connectivity index (χ0) is 12.8. The lowest BCUT2D eigenvalue weighted by Crippen LogP contribution is -1.99. The molecule has 0 heterocycles. The quantitative estimate of drug-likeness (QED) is 0.470. The smallest absolute Gasteiger partial charge is 0.330 e. The third kappa shape index (κ3) is 3.60. The number of ketones is 1. The van der Waals surface area contributed by atoms with Gasteiger partial charge in [-0.1, -0.05) is 11.6 Å². The van der Waals surface area contributed by atoms with E-state index in [1.165, 1.54) is 20.3 Å². The van der Waals surface area contributed by atoms with Crippen LogP contribution in [0.5, 0.6) is 5.75 Å². The van der Waals surface area contributed by atoms with Gasteiger partial charge in [0.15, 0.2) is 5.78 Å². The monoisotopic (exact) mass is 254 g/mol. The maximum absolute atomic E-state index is 11.6. The highest BCUT2D eigenvalue weighted by Crippen LogP contribution is 2.25.